The average molecular weight is 322 g/mol. The number of hydrogen-bond donors (Lipinski definition) is 2. The molecule has 0 aliphatic heterocycles. The van der Waals surface area contributed by atoms with Gasteiger partial charge in [0.1, 0.15) is 5.82 Å². The highest BCUT2D eigenvalue weighted by Crippen LogP contribution is 2.18. The Morgan fingerprint density at radius 2 is 2.13 bits per heavy atom. The maximum absolute atomic E-state index is 13.2. The Morgan fingerprint density at radius 3 is 2.74 bits per heavy atom. The molecule has 1 aliphatic carbocycles. The molecule has 5 nitrogen and oxygen atoms in total. The molecule has 2 atom stereocenters. The smallest absolute Gasteiger partial charge is 0.280 e. The van der Waals surface area contributed by atoms with E-state index < -0.39 is 0 Å². The average Bonchev–Trinajstić information content (AvgIpc) is 3.29. The van der Waals surface area contributed by atoms with Gasteiger partial charge in [-0.15, -0.1) is 0 Å². The zero-order valence-electron chi connectivity index (χ0n) is 13.9. The lowest BCUT2D eigenvalue weighted by Crippen LogP contribution is -3.15. The number of nitrogens with one attached hydrogen (secondary N) is 2. The molecule has 0 spiro atoms. The van der Waals surface area contributed by atoms with E-state index in [1.165, 1.54) is 12.1 Å². The van der Waals surface area contributed by atoms with Gasteiger partial charge in [0.15, 0.2) is 12.6 Å². The molecule has 1 aromatic rings. The van der Waals surface area contributed by atoms with Crippen molar-refractivity contribution in [1.29, 1.82) is 0 Å². The predicted octanol–water partition coefficient (Wildman–Crippen LogP) is -0.0341. The van der Waals surface area contributed by atoms with Gasteiger partial charge in [-0.05, 0) is 37.5 Å². The van der Waals surface area contributed by atoms with Crippen LogP contribution in [0.5, 0.6) is 0 Å². The maximum Gasteiger partial charge on any atom is 0.280 e. The van der Waals surface area contributed by atoms with Crippen LogP contribution in [0.4, 0.5) is 4.39 Å². The number of carbonyl (C=O) groups is 2. The minimum absolute atomic E-state index is 0.0163. The van der Waals surface area contributed by atoms with Gasteiger partial charge in [0.25, 0.3) is 11.8 Å². The van der Waals surface area contributed by atoms with Crippen molar-refractivity contribution in [3.8, 4) is 0 Å². The zero-order valence-corrected chi connectivity index (χ0v) is 13.9. The second kappa shape index (κ2) is 7.55. The molecular weight excluding hydrogens is 297 g/mol. The molecule has 1 aromatic carbocycles. The second-order valence-corrected chi connectivity index (χ2v) is 6.41. The Morgan fingerprint density at radius 1 is 1.43 bits per heavy atom. The van der Waals surface area contributed by atoms with Crippen molar-refractivity contribution in [2.75, 3.05) is 20.6 Å². The molecule has 1 aliphatic rings. The first-order valence-corrected chi connectivity index (χ1v) is 7.98. The summed E-state index contributed by atoms with van der Waals surface area (Å²) in [5, 5.41) is 2.93. The standard InChI is InChI=1S/C17H24FN3O2/c1-12(20(2)11-16(22)19-15-7-8-15)17(23)21(3)10-13-5-4-6-14(18)9-13/h4-6,9,12,15H,7-8,10-11H2,1-3H3,(H,19,22)/p+1/t12-/m0/s1. The van der Waals surface area contributed by atoms with Gasteiger partial charge in [-0.1, -0.05) is 12.1 Å². The molecule has 6 heteroatoms. The topological polar surface area (TPSA) is 53.9 Å². The molecule has 1 saturated carbocycles. The van der Waals surface area contributed by atoms with Gasteiger partial charge in [0, 0.05) is 19.6 Å². The summed E-state index contributed by atoms with van der Waals surface area (Å²) in [5.41, 5.74) is 0.747. The maximum atomic E-state index is 13.2. The predicted molar refractivity (Wildman–Crippen MR) is 85.3 cm³/mol. The number of nitrogens with zero attached hydrogens (tertiary/aromatic N) is 1. The van der Waals surface area contributed by atoms with Gasteiger partial charge in [-0.2, -0.15) is 0 Å². The minimum atomic E-state index is -0.335. The van der Waals surface area contributed by atoms with Gasteiger partial charge >= 0.3 is 0 Å². The van der Waals surface area contributed by atoms with Crippen molar-refractivity contribution in [1.82, 2.24) is 10.2 Å². The van der Waals surface area contributed by atoms with Crippen molar-refractivity contribution in [2.45, 2.75) is 38.4 Å². The highest BCUT2D eigenvalue weighted by Gasteiger charge is 2.29. The van der Waals surface area contributed by atoms with Crippen LogP contribution in [0.1, 0.15) is 25.3 Å². The van der Waals surface area contributed by atoms with Crippen LogP contribution in [-0.2, 0) is 16.1 Å². The SMILES string of the molecule is C[C@@H](C(=O)N(C)Cc1cccc(F)c1)[NH+](C)CC(=O)NC1CC1. The van der Waals surface area contributed by atoms with Crippen molar-refractivity contribution in [3.63, 3.8) is 0 Å². The van der Waals surface area contributed by atoms with Gasteiger partial charge in [-0.3, -0.25) is 9.59 Å². The van der Waals surface area contributed by atoms with E-state index in [-0.39, 0.29) is 30.2 Å². The number of rotatable bonds is 7. The number of halogens is 1. The molecule has 23 heavy (non-hydrogen) atoms. The summed E-state index contributed by atoms with van der Waals surface area (Å²) in [6, 6.07) is 6.22. The third kappa shape index (κ3) is 5.32. The van der Waals surface area contributed by atoms with Gasteiger partial charge in [-0.25, -0.2) is 4.39 Å². The van der Waals surface area contributed by atoms with Crippen LogP contribution in [-0.4, -0.2) is 49.4 Å². The fourth-order valence-corrected chi connectivity index (χ4v) is 2.44. The molecule has 2 rings (SSSR count). The molecule has 2 N–H and O–H groups in total. The summed E-state index contributed by atoms with van der Waals surface area (Å²) in [6.45, 7) is 2.43. The first-order chi connectivity index (χ1) is 10.9. The molecule has 0 bridgehead atoms. The van der Waals surface area contributed by atoms with Crippen molar-refractivity contribution in [2.24, 2.45) is 0 Å². The van der Waals surface area contributed by atoms with E-state index in [9.17, 15) is 14.0 Å². The third-order valence-electron chi connectivity index (χ3n) is 4.18. The quantitative estimate of drug-likeness (QED) is 0.740. The van der Waals surface area contributed by atoms with Crippen LogP contribution < -0.4 is 10.2 Å². The molecule has 0 radical (unpaired) electrons. The highest BCUT2D eigenvalue weighted by atomic mass is 19.1. The normalized spacial score (nSPS) is 16.5. The summed E-state index contributed by atoms with van der Waals surface area (Å²) in [6.07, 6.45) is 2.10. The minimum Gasteiger partial charge on any atom is -0.348 e. The Bertz CT molecular complexity index is 575. The first kappa shape index (κ1) is 17.4. The van der Waals surface area contributed by atoms with E-state index in [0.717, 1.165) is 23.3 Å². The molecule has 0 heterocycles. The highest BCUT2D eigenvalue weighted by molar-refractivity contribution is 5.81. The van der Waals surface area contributed by atoms with E-state index in [4.69, 9.17) is 0 Å². The summed E-state index contributed by atoms with van der Waals surface area (Å²) in [4.78, 5) is 26.7. The van der Waals surface area contributed by atoms with Crippen LogP contribution in [0.15, 0.2) is 24.3 Å². The molecule has 2 amide bonds. The van der Waals surface area contributed by atoms with Crippen LogP contribution in [0.3, 0.4) is 0 Å². The Hall–Kier alpha value is -1.95. The Balaban J connectivity index is 1.85. The largest absolute Gasteiger partial charge is 0.348 e. The second-order valence-electron chi connectivity index (χ2n) is 6.41. The Kier molecular flexibility index (Phi) is 5.71. The molecule has 0 aromatic heterocycles. The third-order valence-corrected chi connectivity index (χ3v) is 4.18. The molecule has 126 valence electrons. The summed E-state index contributed by atoms with van der Waals surface area (Å²) in [7, 11) is 3.53. The van der Waals surface area contributed by atoms with Gasteiger partial charge in [0.05, 0.1) is 7.05 Å². The lowest BCUT2D eigenvalue weighted by molar-refractivity contribution is -0.886. The van der Waals surface area contributed by atoms with Crippen LogP contribution in [0.25, 0.3) is 0 Å². The number of quaternary nitrogens is 1. The summed E-state index contributed by atoms with van der Waals surface area (Å²) >= 11 is 0. The van der Waals surface area contributed by atoms with Gasteiger partial charge < -0.3 is 15.1 Å². The molecule has 1 unspecified atom stereocenters. The number of carbonyl (C=O) groups excluding carboxylic acids is 2. The first-order valence-electron chi connectivity index (χ1n) is 7.98. The van der Waals surface area contributed by atoms with E-state index in [2.05, 4.69) is 5.32 Å². The number of hydrogen-bond acceptors (Lipinski definition) is 2. The Labute approximate surface area is 136 Å². The monoisotopic (exact) mass is 322 g/mol. The van der Waals surface area contributed by atoms with Crippen LogP contribution in [0.2, 0.25) is 0 Å². The van der Waals surface area contributed by atoms with E-state index in [1.54, 1.807) is 24.1 Å². The van der Waals surface area contributed by atoms with Crippen molar-refractivity contribution >= 4 is 11.8 Å². The van der Waals surface area contributed by atoms with Crippen molar-refractivity contribution in [3.05, 3.63) is 35.6 Å². The zero-order chi connectivity index (χ0) is 17.0. The lowest BCUT2D eigenvalue weighted by Gasteiger charge is -2.25. The number of amides is 2. The van der Waals surface area contributed by atoms with Crippen molar-refractivity contribution < 1.29 is 18.9 Å². The molecule has 1 fully saturated rings. The number of likely N-dealkylation sites (N-methyl/N-ethyl adjacent to an activating group) is 2. The van der Waals surface area contributed by atoms with Gasteiger partial charge in [0.2, 0.25) is 0 Å². The van der Waals surface area contributed by atoms with E-state index >= 15 is 0 Å². The van der Waals surface area contributed by atoms with E-state index in [0.29, 0.717) is 12.6 Å². The molecular formula is C17H25FN3O2+. The number of benzene rings is 1. The van der Waals surface area contributed by atoms with Crippen LogP contribution in [0, 0.1) is 5.82 Å². The fourth-order valence-electron chi connectivity index (χ4n) is 2.44. The lowest BCUT2D eigenvalue weighted by atomic mass is 10.2. The van der Waals surface area contributed by atoms with E-state index in [1.807, 2.05) is 14.0 Å². The van der Waals surface area contributed by atoms with Crippen LogP contribution >= 0.6 is 0 Å². The summed E-state index contributed by atoms with van der Waals surface area (Å²) in [5.74, 6) is -0.390. The molecule has 0 saturated heterocycles. The fraction of sp³-hybridized carbons (Fsp3) is 0.529. The summed E-state index contributed by atoms with van der Waals surface area (Å²) < 4.78 is 13.2.